The van der Waals surface area contributed by atoms with Crippen LogP contribution in [-0.2, 0) is 0 Å². The number of pyridine rings is 1. The Morgan fingerprint density at radius 1 is 1.19 bits per heavy atom. The molecule has 4 rings (SSSR count). The first-order valence-electron chi connectivity index (χ1n) is 11.3. The number of benzene rings is 2. The highest BCUT2D eigenvalue weighted by Gasteiger charge is 2.22. The molecule has 0 amide bonds. The quantitative estimate of drug-likeness (QED) is 0.409. The van der Waals surface area contributed by atoms with Gasteiger partial charge in [-0.3, -0.25) is 9.78 Å². The van der Waals surface area contributed by atoms with Gasteiger partial charge in [-0.15, -0.1) is 0 Å². The number of halogens is 2. The number of carbonyl (C=O) groups excluding carboxylic acids is 1. The fourth-order valence-corrected chi connectivity index (χ4v) is 4.59. The van der Waals surface area contributed by atoms with Crippen molar-refractivity contribution in [2.45, 2.75) is 64.5 Å². The fourth-order valence-electron chi connectivity index (χ4n) is 4.38. The van der Waals surface area contributed by atoms with Gasteiger partial charge < -0.3 is 11.1 Å². The standard InChI is InChI=1S/C26H29ClFN3O/c1-3-4-25(32)21-14-30-24-10-5-16(17-12-22(27)15(2)23(28)13-17)11-20(24)26(21)31-19-8-6-18(29)7-9-19/h5,10-14,18-19H,3-4,6-9,29H2,1-2H3,(H,30,31). The lowest BCUT2D eigenvalue weighted by Gasteiger charge is -2.29. The number of rotatable bonds is 6. The largest absolute Gasteiger partial charge is 0.381 e. The topological polar surface area (TPSA) is 68.0 Å². The molecule has 32 heavy (non-hydrogen) atoms. The van der Waals surface area contributed by atoms with Gasteiger partial charge in [0.2, 0.25) is 0 Å². The molecule has 0 saturated heterocycles. The molecule has 1 fully saturated rings. The number of anilines is 1. The molecule has 0 bridgehead atoms. The summed E-state index contributed by atoms with van der Waals surface area (Å²) in [4.78, 5) is 17.5. The molecule has 168 valence electrons. The van der Waals surface area contributed by atoms with Crippen LogP contribution in [0.1, 0.15) is 61.4 Å². The van der Waals surface area contributed by atoms with Gasteiger partial charge in [-0.2, -0.15) is 0 Å². The van der Waals surface area contributed by atoms with E-state index < -0.39 is 0 Å². The molecule has 1 aliphatic carbocycles. The summed E-state index contributed by atoms with van der Waals surface area (Å²) in [5.41, 5.74) is 10.3. The summed E-state index contributed by atoms with van der Waals surface area (Å²) in [5, 5.41) is 4.89. The third-order valence-electron chi connectivity index (χ3n) is 6.38. The molecule has 1 saturated carbocycles. The van der Waals surface area contributed by atoms with E-state index in [0.29, 0.717) is 28.1 Å². The highest BCUT2D eigenvalue weighted by molar-refractivity contribution is 6.31. The number of ketones is 1. The molecule has 1 heterocycles. The first-order valence-corrected chi connectivity index (χ1v) is 11.7. The van der Waals surface area contributed by atoms with Crippen LogP contribution in [0.2, 0.25) is 5.02 Å². The zero-order valence-electron chi connectivity index (χ0n) is 18.6. The highest BCUT2D eigenvalue weighted by atomic mass is 35.5. The van der Waals surface area contributed by atoms with Gasteiger partial charge in [0.15, 0.2) is 5.78 Å². The molecule has 1 aromatic heterocycles. The smallest absolute Gasteiger partial charge is 0.166 e. The van der Waals surface area contributed by atoms with Crippen LogP contribution in [0, 0.1) is 12.7 Å². The summed E-state index contributed by atoms with van der Waals surface area (Å²) >= 11 is 6.24. The maximum Gasteiger partial charge on any atom is 0.166 e. The molecular formula is C26H29ClFN3O. The van der Waals surface area contributed by atoms with E-state index >= 15 is 0 Å². The van der Waals surface area contributed by atoms with E-state index in [2.05, 4.69) is 10.3 Å². The van der Waals surface area contributed by atoms with Crippen LogP contribution in [-0.4, -0.2) is 22.9 Å². The van der Waals surface area contributed by atoms with Gasteiger partial charge in [-0.25, -0.2) is 4.39 Å². The molecule has 6 heteroatoms. The third-order valence-corrected chi connectivity index (χ3v) is 6.77. The number of Topliss-reactive ketones (excluding diaryl/α,β-unsaturated/α-hetero) is 1. The third kappa shape index (κ3) is 4.64. The van der Waals surface area contributed by atoms with Crippen molar-refractivity contribution in [3.8, 4) is 11.1 Å². The van der Waals surface area contributed by atoms with Crippen molar-refractivity contribution in [1.82, 2.24) is 4.98 Å². The van der Waals surface area contributed by atoms with Gasteiger partial charge in [0, 0.05) is 40.7 Å². The molecule has 2 aromatic carbocycles. The average Bonchev–Trinajstić information content (AvgIpc) is 2.78. The van der Waals surface area contributed by atoms with Crippen LogP contribution in [0.25, 0.3) is 22.0 Å². The maximum atomic E-state index is 14.4. The van der Waals surface area contributed by atoms with Crippen molar-refractivity contribution in [2.24, 2.45) is 5.73 Å². The Morgan fingerprint density at radius 3 is 2.62 bits per heavy atom. The van der Waals surface area contributed by atoms with Gasteiger partial charge in [0.1, 0.15) is 5.82 Å². The lowest BCUT2D eigenvalue weighted by molar-refractivity contribution is 0.0982. The summed E-state index contributed by atoms with van der Waals surface area (Å²) in [6.45, 7) is 3.66. The van der Waals surface area contributed by atoms with Crippen LogP contribution in [0.15, 0.2) is 36.5 Å². The molecule has 4 nitrogen and oxygen atoms in total. The number of nitrogens with two attached hydrogens (primary N) is 1. The number of aromatic nitrogens is 1. The number of hydrogen-bond acceptors (Lipinski definition) is 4. The number of nitrogens with one attached hydrogen (secondary N) is 1. The van der Waals surface area contributed by atoms with Crippen LogP contribution < -0.4 is 11.1 Å². The van der Waals surface area contributed by atoms with E-state index in [0.717, 1.165) is 54.3 Å². The molecule has 0 unspecified atom stereocenters. The maximum absolute atomic E-state index is 14.4. The Morgan fingerprint density at radius 2 is 1.94 bits per heavy atom. The van der Waals surface area contributed by atoms with Crippen molar-refractivity contribution in [2.75, 3.05) is 5.32 Å². The van der Waals surface area contributed by atoms with Crippen molar-refractivity contribution in [1.29, 1.82) is 0 Å². The Kier molecular flexibility index (Phi) is 6.77. The van der Waals surface area contributed by atoms with E-state index in [1.54, 1.807) is 19.2 Å². The lowest BCUT2D eigenvalue weighted by atomic mass is 9.91. The molecule has 0 radical (unpaired) electrons. The summed E-state index contributed by atoms with van der Waals surface area (Å²) in [6.07, 6.45) is 6.78. The van der Waals surface area contributed by atoms with Crippen LogP contribution in [0.3, 0.4) is 0 Å². The van der Waals surface area contributed by atoms with E-state index in [4.69, 9.17) is 17.3 Å². The van der Waals surface area contributed by atoms with Gasteiger partial charge in [0.25, 0.3) is 0 Å². The Balaban J connectivity index is 1.83. The predicted octanol–water partition coefficient (Wildman–Crippen LogP) is 6.67. The van der Waals surface area contributed by atoms with Gasteiger partial charge >= 0.3 is 0 Å². The Labute approximate surface area is 193 Å². The van der Waals surface area contributed by atoms with Crippen molar-refractivity contribution >= 4 is 34.0 Å². The minimum absolute atomic E-state index is 0.0757. The molecule has 1 aliphatic rings. The van der Waals surface area contributed by atoms with E-state index in [-0.39, 0.29) is 23.7 Å². The van der Waals surface area contributed by atoms with Crippen molar-refractivity contribution in [3.63, 3.8) is 0 Å². The summed E-state index contributed by atoms with van der Waals surface area (Å²) < 4.78 is 14.4. The monoisotopic (exact) mass is 453 g/mol. The summed E-state index contributed by atoms with van der Waals surface area (Å²) in [6, 6.07) is 9.56. The lowest BCUT2D eigenvalue weighted by Crippen LogP contribution is -2.33. The predicted molar refractivity (Wildman–Crippen MR) is 130 cm³/mol. The Hall–Kier alpha value is -2.50. The summed E-state index contributed by atoms with van der Waals surface area (Å²) in [5.74, 6) is -0.263. The zero-order valence-corrected chi connectivity index (χ0v) is 19.3. The number of carbonyl (C=O) groups is 1. The average molecular weight is 454 g/mol. The van der Waals surface area contributed by atoms with Crippen molar-refractivity contribution < 1.29 is 9.18 Å². The molecule has 3 aromatic rings. The van der Waals surface area contributed by atoms with Crippen LogP contribution >= 0.6 is 11.6 Å². The normalized spacial score (nSPS) is 18.7. The van der Waals surface area contributed by atoms with Gasteiger partial charge in [-0.05, 0) is 74.4 Å². The summed E-state index contributed by atoms with van der Waals surface area (Å²) in [7, 11) is 0. The second-order valence-electron chi connectivity index (χ2n) is 8.77. The molecule has 0 spiro atoms. The minimum Gasteiger partial charge on any atom is -0.381 e. The first-order chi connectivity index (χ1) is 15.4. The first kappa shape index (κ1) is 22.7. The minimum atomic E-state index is -0.338. The van der Waals surface area contributed by atoms with E-state index in [1.165, 1.54) is 6.07 Å². The van der Waals surface area contributed by atoms with E-state index in [1.807, 2.05) is 25.1 Å². The second kappa shape index (κ2) is 9.55. The Bertz CT molecular complexity index is 1130. The van der Waals surface area contributed by atoms with E-state index in [9.17, 15) is 9.18 Å². The zero-order chi connectivity index (χ0) is 22.8. The van der Waals surface area contributed by atoms with Crippen molar-refractivity contribution in [3.05, 3.63) is 58.5 Å². The SMILES string of the molecule is CCCC(=O)c1cnc2ccc(-c3cc(F)c(C)c(Cl)c3)cc2c1NC1CCC(N)CC1. The van der Waals surface area contributed by atoms with Gasteiger partial charge in [0.05, 0.1) is 16.8 Å². The molecule has 3 N–H and O–H groups in total. The molecule has 0 aliphatic heterocycles. The van der Waals surface area contributed by atoms with Gasteiger partial charge in [-0.1, -0.05) is 24.6 Å². The molecule has 0 atom stereocenters. The molecular weight excluding hydrogens is 425 g/mol. The highest BCUT2D eigenvalue weighted by Crippen LogP contribution is 2.35. The number of hydrogen-bond donors (Lipinski definition) is 2. The van der Waals surface area contributed by atoms with Crippen LogP contribution in [0.4, 0.5) is 10.1 Å². The number of fused-ring (bicyclic) bond motifs is 1. The fraction of sp³-hybridized carbons (Fsp3) is 0.385. The van der Waals surface area contributed by atoms with Crippen LogP contribution in [0.5, 0.6) is 0 Å². The second-order valence-corrected chi connectivity index (χ2v) is 9.18. The number of nitrogens with zero attached hydrogens (tertiary/aromatic N) is 1.